The molecule has 0 unspecified atom stereocenters. The molecular weight excluding hydrogens is 242 g/mol. The molecule has 4 heteroatoms. The Morgan fingerprint density at radius 1 is 1.38 bits per heavy atom. The van der Waals surface area contributed by atoms with E-state index in [4.69, 9.17) is 0 Å². The van der Waals surface area contributed by atoms with Gasteiger partial charge in [-0.2, -0.15) is 0 Å². The van der Waals surface area contributed by atoms with Crippen LogP contribution in [-0.4, -0.2) is 5.78 Å². The predicted molar refractivity (Wildman–Crippen MR) is 48.6 cm³/mol. The smallest absolute Gasteiger partial charge is 0.188 e. The van der Waals surface area contributed by atoms with Gasteiger partial charge < -0.3 is 0 Å². The Balaban J connectivity index is 3.31. The molecule has 0 fully saturated rings. The highest BCUT2D eigenvalue weighted by molar-refractivity contribution is 9.10. The molecule has 0 amide bonds. The number of ketones is 1. The highest BCUT2D eigenvalue weighted by Crippen LogP contribution is 2.20. The normalized spacial score (nSPS) is 9.77. The second-order valence-corrected chi connectivity index (χ2v) is 3.17. The minimum atomic E-state index is -0.884. The molecule has 0 N–H and O–H groups in total. The minimum absolute atomic E-state index is 0.0547. The fraction of sp³-hybridized carbons (Fsp3) is 0. The average molecular weight is 247 g/mol. The van der Waals surface area contributed by atoms with Crippen molar-refractivity contribution in [2.24, 2.45) is 0 Å². The molecule has 1 aromatic carbocycles. The average Bonchev–Trinajstić information content (AvgIpc) is 2.10. The molecule has 0 saturated carbocycles. The van der Waals surface area contributed by atoms with E-state index in [0.29, 0.717) is 6.07 Å². The molecule has 1 nitrogen and oxygen atoms in total. The molecule has 1 aromatic rings. The van der Waals surface area contributed by atoms with Crippen LogP contribution < -0.4 is 0 Å². The van der Waals surface area contributed by atoms with Crippen LogP contribution >= 0.6 is 15.9 Å². The lowest BCUT2D eigenvalue weighted by Gasteiger charge is -2.00. The molecule has 0 aromatic heterocycles. The quantitative estimate of drug-likeness (QED) is 0.446. The Hall–Kier alpha value is -1.03. The third kappa shape index (κ3) is 2.01. The van der Waals surface area contributed by atoms with Crippen LogP contribution in [0, 0.1) is 11.6 Å². The van der Waals surface area contributed by atoms with Crippen LogP contribution in [0.3, 0.4) is 0 Å². The van der Waals surface area contributed by atoms with Crippen molar-refractivity contribution < 1.29 is 13.6 Å². The van der Waals surface area contributed by atoms with Crippen molar-refractivity contribution in [2.45, 2.75) is 0 Å². The van der Waals surface area contributed by atoms with Gasteiger partial charge in [-0.1, -0.05) is 6.58 Å². The lowest BCUT2D eigenvalue weighted by atomic mass is 10.1. The molecule has 0 bridgehead atoms. The number of carbonyl (C=O) groups excluding carboxylic acids is 1. The summed E-state index contributed by atoms with van der Waals surface area (Å²) in [5.74, 6) is -2.19. The molecule has 1 rings (SSSR count). The SMILES string of the molecule is C=CC(=O)c1cc(Br)c(F)cc1F. The maximum atomic E-state index is 12.9. The third-order valence-electron chi connectivity index (χ3n) is 1.46. The van der Waals surface area contributed by atoms with Gasteiger partial charge in [0.25, 0.3) is 0 Å². The van der Waals surface area contributed by atoms with Crippen LogP contribution in [0.5, 0.6) is 0 Å². The van der Waals surface area contributed by atoms with Crippen molar-refractivity contribution in [3.8, 4) is 0 Å². The first-order valence-electron chi connectivity index (χ1n) is 3.37. The van der Waals surface area contributed by atoms with Gasteiger partial charge in [-0.25, -0.2) is 8.78 Å². The molecule has 0 spiro atoms. The number of hydrogen-bond acceptors (Lipinski definition) is 1. The zero-order chi connectivity index (χ0) is 10.0. The first-order valence-corrected chi connectivity index (χ1v) is 4.17. The van der Waals surface area contributed by atoms with E-state index in [1.165, 1.54) is 0 Å². The van der Waals surface area contributed by atoms with E-state index < -0.39 is 17.4 Å². The van der Waals surface area contributed by atoms with E-state index in [1.54, 1.807) is 0 Å². The second kappa shape index (κ2) is 3.79. The van der Waals surface area contributed by atoms with Crippen molar-refractivity contribution in [3.63, 3.8) is 0 Å². The molecule has 68 valence electrons. The summed E-state index contributed by atoms with van der Waals surface area (Å²) in [6.07, 6.45) is 0.975. The Kier molecular flexibility index (Phi) is 2.93. The number of rotatable bonds is 2. The maximum Gasteiger partial charge on any atom is 0.188 e. The number of allylic oxidation sites excluding steroid dienone is 1. The molecule has 0 aliphatic carbocycles. The predicted octanol–water partition coefficient (Wildman–Crippen LogP) is 3.10. The van der Waals surface area contributed by atoms with E-state index in [-0.39, 0.29) is 10.0 Å². The standard InChI is InChI=1S/C9H5BrF2O/c1-2-9(13)5-3-6(10)8(12)4-7(5)11/h2-4H,1H2. The molecule has 13 heavy (non-hydrogen) atoms. The van der Waals surface area contributed by atoms with Crippen LogP contribution in [0.15, 0.2) is 29.3 Å². The van der Waals surface area contributed by atoms with Gasteiger partial charge in [-0.05, 0) is 28.1 Å². The van der Waals surface area contributed by atoms with Gasteiger partial charge in [0.05, 0.1) is 10.0 Å². The molecule has 0 heterocycles. The third-order valence-corrected chi connectivity index (χ3v) is 2.07. The number of carbonyl (C=O) groups is 1. The van der Waals surface area contributed by atoms with Crippen LogP contribution in [-0.2, 0) is 0 Å². The van der Waals surface area contributed by atoms with E-state index in [9.17, 15) is 13.6 Å². The Bertz CT molecular complexity index is 374. The fourth-order valence-electron chi connectivity index (χ4n) is 0.821. The topological polar surface area (TPSA) is 17.1 Å². The summed E-state index contributed by atoms with van der Waals surface area (Å²) in [6, 6.07) is 1.75. The van der Waals surface area contributed by atoms with Gasteiger partial charge in [0, 0.05) is 6.07 Å². The Morgan fingerprint density at radius 2 is 2.00 bits per heavy atom. The van der Waals surface area contributed by atoms with E-state index in [1.807, 2.05) is 0 Å². The highest BCUT2D eigenvalue weighted by atomic mass is 79.9. The highest BCUT2D eigenvalue weighted by Gasteiger charge is 2.12. The lowest BCUT2D eigenvalue weighted by molar-refractivity contribution is 0.104. The minimum Gasteiger partial charge on any atom is -0.289 e. The summed E-state index contributed by atoms with van der Waals surface area (Å²) in [7, 11) is 0. The van der Waals surface area contributed by atoms with Crippen LogP contribution in [0.2, 0.25) is 0 Å². The largest absolute Gasteiger partial charge is 0.289 e. The van der Waals surface area contributed by atoms with Crippen LogP contribution in [0.1, 0.15) is 10.4 Å². The molecule has 0 radical (unpaired) electrons. The van der Waals surface area contributed by atoms with Crippen LogP contribution in [0.25, 0.3) is 0 Å². The summed E-state index contributed by atoms with van der Waals surface area (Å²) >= 11 is 2.85. The van der Waals surface area contributed by atoms with Crippen molar-refractivity contribution in [3.05, 3.63) is 46.5 Å². The number of benzene rings is 1. The van der Waals surface area contributed by atoms with Gasteiger partial charge >= 0.3 is 0 Å². The van der Waals surface area contributed by atoms with Gasteiger partial charge in [-0.15, -0.1) is 0 Å². The van der Waals surface area contributed by atoms with E-state index in [0.717, 1.165) is 12.1 Å². The van der Waals surface area contributed by atoms with Gasteiger partial charge in [-0.3, -0.25) is 4.79 Å². The summed E-state index contributed by atoms with van der Waals surface area (Å²) in [4.78, 5) is 11.0. The van der Waals surface area contributed by atoms with Gasteiger partial charge in [0.15, 0.2) is 5.78 Å². The fourth-order valence-corrected chi connectivity index (χ4v) is 1.16. The molecule has 0 aliphatic rings. The van der Waals surface area contributed by atoms with Crippen molar-refractivity contribution in [2.75, 3.05) is 0 Å². The molecule has 0 aliphatic heterocycles. The monoisotopic (exact) mass is 246 g/mol. The van der Waals surface area contributed by atoms with E-state index >= 15 is 0 Å². The molecule has 0 saturated heterocycles. The summed E-state index contributed by atoms with van der Waals surface area (Å²) in [5.41, 5.74) is -0.191. The number of halogens is 3. The summed E-state index contributed by atoms with van der Waals surface area (Å²) in [6.45, 7) is 3.20. The van der Waals surface area contributed by atoms with Crippen LogP contribution in [0.4, 0.5) is 8.78 Å². The molecule has 0 atom stereocenters. The lowest BCUT2D eigenvalue weighted by Crippen LogP contribution is -1.99. The Morgan fingerprint density at radius 3 is 2.54 bits per heavy atom. The van der Waals surface area contributed by atoms with Gasteiger partial charge in [0.1, 0.15) is 11.6 Å². The number of hydrogen-bond donors (Lipinski definition) is 0. The first-order chi connectivity index (χ1) is 6.06. The first kappa shape index (κ1) is 10.1. The molecular formula is C9H5BrF2O. The van der Waals surface area contributed by atoms with Crippen molar-refractivity contribution in [1.29, 1.82) is 0 Å². The second-order valence-electron chi connectivity index (χ2n) is 2.31. The maximum absolute atomic E-state index is 12.9. The summed E-state index contributed by atoms with van der Waals surface area (Å²) < 4.78 is 25.7. The van der Waals surface area contributed by atoms with Crippen molar-refractivity contribution in [1.82, 2.24) is 0 Å². The zero-order valence-corrected chi connectivity index (χ0v) is 8.07. The summed E-state index contributed by atoms with van der Waals surface area (Å²) in [5, 5.41) is 0. The van der Waals surface area contributed by atoms with E-state index in [2.05, 4.69) is 22.5 Å². The van der Waals surface area contributed by atoms with Gasteiger partial charge in [0.2, 0.25) is 0 Å². The Labute approximate surface area is 82.2 Å². The zero-order valence-electron chi connectivity index (χ0n) is 6.48. The van der Waals surface area contributed by atoms with Crippen molar-refractivity contribution >= 4 is 21.7 Å².